The lowest BCUT2D eigenvalue weighted by Crippen LogP contribution is -2.47. The molecule has 28 heavy (non-hydrogen) atoms. The smallest absolute Gasteiger partial charge is 0.242 e. The molecular weight excluding hydrogens is 439 g/mol. The Balaban J connectivity index is 2.03. The molecule has 0 radical (unpaired) electrons. The third-order valence-corrected chi connectivity index (χ3v) is 7.37. The third-order valence-electron chi connectivity index (χ3n) is 4.54. The Labute approximate surface area is 181 Å². The van der Waals surface area contributed by atoms with E-state index in [1.807, 2.05) is 6.26 Å². The van der Waals surface area contributed by atoms with Gasteiger partial charge in [-0.1, -0.05) is 34.9 Å². The van der Waals surface area contributed by atoms with Crippen LogP contribution in [-0.4, -0.2) is 38.9 Å². The number of benzene rings is 1. The minimum Gasteiger partial charge on any atom is -0.354 e. The van der Waals surface area contributed by atoms with E-state index in [2.05, 4.69) is 16.1 Å². The highest BCUT2D eigenvalue weighted by atomic mass is 35.5. The lowest BCUT2D eigenvalue weighted by molar-refractivity contribution is -0.122. The van der Waals surface area contributed by atoms with Gasteiger partial charge in [-0.05, 0) is 68.7 Å². The van der Waals surface area contributed by atoms with Gasteiger partial charge in [0.25, 0.3) is 0 Å². The zero-order chi connectivity index (χ0) is 20.6. The van der Waals surface area contributed by atoms with Crippen molar-refractivity contribution in [3.63, 3.8) is 0 Å². The summed E-state index contributed by atoms with van der Waals surface area (Å²) in [6.07, 6.45) is 9.92. The molecule has 0 heterocycles. The normalized spacial score (nSPS) is 15.8. The molecule has 0 aromatic heterocycles. The van der Waals surface area contributed by atoms with Gasteiger partial charge in [0.1, 0.15) is 10.9 Å². The van der Waals surface area contributed by atoms with Crippen molar-refractivity contribution in [2.24, 2.45) is 0 Å². The molecule has 0 fully saturated rings. The number of rotatable bonds is 10. The topological polar surface area (TPSA) is 75.3 Å². The summed E-state index contributed by atoms with van der Waals surface area (Å²) in [5, 5.41) is 3.18. The van der Waals surface area contributed by atoms with Crippen LogP contribution in [0.15, 0.2) is 34.7 Å². The number of thioether (sulfide) groups is 1. The van der Waals surface area contributed by atoms with Crippen molar-refractivity contribution >= 4 is 50.9 Å². The predicted octanol–water partition coefficient (Wildman–Crippen LogP) is 4.40. The second-order valence-corrected chi connectivity index (χ2v) is 10.2. The number of nitrogens with one attached hydrogen (secondary N) is 2. The Morgan fingerprint density at radius 3 is 2.75 bits per heavy atom. The van der Waals surface area contributed by atoms with Crippen LogP contribution in [-0.2, 0) is 14.8 Å². The van der Waals surface area contributed by atoms with Gasteiger partial charge >= 0.3 is 0 Å². The molecule has 1 aromatic carbocycles. The molecule has 0 saturated heterocycles. The van der Waals surface area contributed by atoms with Gasteiger partial charge in [0.05, 0.1) is 5.02 Å². The lowest BCUT2D eigenvalue weighted by Gasteiger charge is -2.19. The summed E-state index contributed by atoms with van der Waals surface area (Å²) in [6.45, 7) is 0.500. The molecule has 1 unspecified atom stereocenters. The van der Waals surface area contributed by atoms with Crippen LogP contribution in [0.25, 0.3) is 0 Å². The molecule has 2 rings (SSSR count). The van der Waals surface area contributed by atoms with Crippen molar-refractivity contribution in [1.29, 1.82) is 0 Å². The molecule has 2 N–H and O–H groups in total. The lowest BCUT2D eigenvalue weighted by atomic mass is 9.97. The second kappa shape index (κ2) is 11.5. The van der Waals surface area contributed by atoms with Gasteiger partial charge in [0.15, 0.2) is 0 Å². The Hall–Kier alpha value is -0.730. The van der Waals surface area contributed by atoms with Crippen LogP contribution >= 0.6 is 35.0 Å². The maximum Gasteiger partial charge on any atom is 0.242 e. The van der Waals surface area contributed by atoms with Crippen LogP contribution in [0.4, 0.5) is 0 Å². The van der Waals surface area contributed by atoms with Crippen LogP contribution in [0, 0.1) is 0 Å². The first-order chi connectivity index (χ1) is 13.3. The van der Waals surface area contributed by atoms with Crippen LogP contribution < -0.4 is 10.0 Å². The molecule has 1 aromatic rings. The fourth-order valence-corrected chi connectivity index (χ4v) is 5.48. The Morgan fingerprint density at radius 2 is 2.07 bits per heavy atom. The highest BCUT2D eigenvalue weighted by molar-refractivity contribution is 7.98. The summed E-state index contributed by atoms with van der Waals surface area (Å²) in [4.78, 5) is 12.5. The zero-order valence-corrected chi connectivity index (χ0v) is 19.0. The molecular formula is C19H26Cl2N2O3S2. The van der Waals surface area contributed by atoms with E-state index in [9.17, 15) is 13.2 Å². The van der Waals surface area contributed by atoms with Crippen LogP contribution in [0.5, 0.6) is 0 Å². The average Bonchev–Trinajstić information content (AvgIpc) is 2.67. The maximum absolute atomic E-state index is 12.8. The van der Waals surface area contributed by atoms with E-state index >= 15 is 0 Å². The molecule has 156 valence electrons. The average molecular weight is 465 g/mol. The number of sulfonamides is 1. The van der Waals surface area contributed by atoms with Crippen LogP contribution in [0.1, 0.15) is 38.5 Å². The first-order valence-electron chi connectivity index (χ1n) is 9.25. The fourth-order valence-electron chi connectivity index (χ4n) is 3.01. The van der Waals surface area contributed by atoms with Gasteiger partial charge in [-0.15, -0.1) is 0 Å². The molecule has 5 nitrogen and oxygen atoms in total. The maximum atomic E-state index is 12.8. The number of amides is 1. The molecule has 0 saturated carbocycles. The summed E-state index contributed by atoms with van der Waals surface area (Å²) >= 11 is 13.5. The van der Waals surface area contributed by atoms with Crippen molar-refractivity contribution in [2.75, 3.05) is 18.6 Å². The Bertz CT molecular complexity index is 813. The van der Waals surface area contributed by atoms with E-state index in [1.165, 1.54) is 36.6 Å². The molecule has 1 atom stereocenters. The standard InChI is InChI=1S/C19H26Cl2N2O3S2/c1-27-12-10-17(19(24)22-11-9-14-5-3-2-4-6-14)23-28(25,26)18-13-15(20)7-8-16(18)21/h5,7-8,13,17,23H,2-4,6,9-12H2,1H3,(H,22,24). The SMILES string of the molecule is CSCCC(NS(=O)(=O)c1cc(Cl)ccc1Cl)C(=O)NCCC1=CCCCC1. The summed E-state index contributed by atoms with van der Waals surface area (Å²) < 4.78 is 28.0. The second-order valence-electron chi connectivity index (χ2n) is 6.68. The molecule has 1 aliphatic rings. The summed E-state index contributed by atoms with van der Waals surface area (Å²) in [5.74, 6) is 0.321. The van der Waals surface area contributed by atoms with Crippen molar-refractivity contribution < 1.29 is 13.2 Å². The molecule has 0 bridgehead atoms. The fraction of sp³-hybridized carbons (Fsp3) is 0.526. The zero-order valence-electron chi connectivity index (χ0n) is 15.8. The van der Waals surface area contributed by atoms with Crippen LogP contribution in [0.2, 0.25) is 10.0 Å². The van der Waals surface area contributed by atoms with Gasteiger partial charge in [-0.3, -0.25) is 4.79 Å². The highest BCUT2D eigenvalue weighted by Crippen LogP contribution is 2.25. The van der Waals surface area contributed by atoms with E-state index in [0.29, 0.717) is 18.7 Å². The monoisotopic (exact) mass is 464 g/mol. The summed E-state index contributed by atoms with van der Waals surface area (Å²) in [5.41, 5.74) is 1.36. The molecule has 0 spiro atoms. The van der Waals surface area contributed by atoms with E-state index in [0.717, 1.165) is 19.3 Å². The van der Waals surface area contributed by atoms with Crippen molar-refractivity contribution in [3.8, 4) is 0 Å². The number of allylic oxidation sites excluding steroid dienone is 1. The van der Waals surface area contributed by atoms with Gasteiger partial charge in [-0.2, -0.15) is 16.5 Å². The first-order valence-corrected chi connectivity index (χ1v) is 12.9. The molecule has 1 amide bonds. The number of carbonyl (C=O) groups is 1. The number of hydrogen-bond donors (Lipinski definition) is 2. The van der Waals surface area contributed by atoms with E-state index in [-0.39, 0.29) is 20.8 Å². The van der Waals surface area contributed by atoms with Crippen molar-refractivity contribution in [2.45, 2.75) is 49.5 Å². The summed E-state index contributed by atoms with van der Waals surface area (Å²) in [7, 11) is -3.98. The minimum absolute atomic E-state index is 0.0603. The van der Waals surface area contributed by atoms with E-state index in [1.54, 1.807) is 11.8 Å². The van der Waals surface area contributed by atoms with Crippen molar-refractivity contribution in [1.82, 2.24) is 10.0 Å². The Morgan fingerprint density at radius 1 is 1.29 bits per heavy atom. The summed E-state index contributed by atoms with van der Waals surface area (Å²) in [6, 6.07) is 3.35. The number of carbonyl (C=O) groups excluding carboxylic acids is 1. The molecule has 1 aliphatic carbocycles. The van der Waals surface area contributed by atoms with E-state index < -0.39 is 16.1 Å². The number of halogens is 2. The highest BCUT2D eigenvalue weighted by Gasteiger charge is 2.27. The third kappa shape index (κ3) is 7.26. The van der Waals surface area contributed by atoms with Crippen molar-refractivity contribution in [3.05, 3.63) is 39.9 Å². The molecule has 0 aliphatic heterocycles. The van der Waals surface area contributed by atoms with Gasteiger partial charge in [0.2, 0.25) is 15.9 Å². The van der Waals surface area contributed by atoms with Gasteiger partial charge in [0, 0.05) is 11.6 Å². The van der Waals surface area contributed by atoms with Gasteiger partial charge < -0.3 is 5.32 Å². The quantitative estimate of drug-likeness (QED) is 0.503. The number of hydrogen-bond acceptors (Lipinski definition) is 4. The van der Waals surface area contributed by atoms with Crippen LogP contribution in [0.3, 0.4) is 0 Å². The largest absolute Gasteiger partial charge is 0.354 e. The Kier molecular flexibility index (Phi) is 9.63. The first kappa shape index (κ1) is 23.5. The predicted molar refractivity (Wildman–Crippen MR) is 118 cm³/mol. The molecule has 9 heteroatoms. The minimum atomic E-state index is -3.98. The van der Waals surface area contributed by atoms with E-state index in [4.69, 9.17) is 23.2 Å². The van der Waals surface area contributed by atoms with Gasteiger partial charge in [-0.25, -0.2) is 8.42 Å².